The summed E-state index contributed by atoms with van der Waals surface area (Å²) in [5, 5.41) is 4.90. The summed E-state index contributed by atoms with van der Waals surface area (Å²) in [4.78, 5) is 23.5. The molecule has 3 N–H and O–H groups in total. The van der Waals surface area contributed by atoms with Crippen molar-refractivity contribution in [1.82, 2.24) is 5.32 Å². The van der Waals surface area contributed by atoms with E-state index in [0.29, 0.717) is 19.4 Å². The minimum Gasteiger partial charge on any atom is -0.493 e. The van der Waals surface area contributed by atoms with Crippen LogP contribution in [-0.4, -0.2) is 24.5 Å². The number of nitrogens with one attached hydrogen (secondary N) is 1. The van der Waals surface area contributed by atoms with Gasteiger partial charge in [0, 0.05) is 11.8 Å². The maximum Gasteiger partial charge on any atom is 0.240 e. The van der Waals surface area contributed by atoms with Crippen LogP contribution in [0.5, 0.6) is 5.75 Å². The highest BCUT2D eigenvalue weighted by Crippen LogP contribution is 2.25. The van der Waals surface area contributed by atoms with Crippen LogP contribution in [0.4, 0.5) is 0 Å². The Morgan fingerprint density at radius 1 is 1.16 bits per heavy atom. The van der Waals surface area contributed by atoms with E-state index in [0.717, 1.165) is 22.9 Å². The Morgan fingerprint density at radius 3 is 2.60 bits per heavy atom. The number of nitrogens with two attached hydrogens (primary N) is 1. The van der Waals surface area contributed by atoms with Gasteiger partial charge in [-0.2, -0.15) is 0 Å². The van der Waals surface area contributed by atoms with E-state index >= 15 is 0 Å². The first-order chi connectivity index (χ1) is 12.0. The summed E-state index contributed by atoms with van der Waals surface area (Å²) in [6.45, 7) is 4.30. The number of benzene rings is 2. The van der Waals surface area contributed by atoms with E-state index in [9.17, 15) is 9.59 Å². The van der Waals surface area contributed by atoms with Crippen LogP contribution in [-0.2, 0) is 9.59 Å². The first-order valence-corrected chi connectivity index (χ1v) is 8.72. The summed E-state index contributed by atoms with van der Waals surface area (Å²) < 4.78 is 5.82. The molecule has 5 nitrogen and oxygen atoms in total. The minimum absolute atomic E-state index is 0.0217. The molecule has 0 aliphatic heterocycles. The molecule has 2 unspecified atom stereocenters. The first kappa shape index (κ1) is 18.8. The van der Waals surface area contributed by atoms with Crippen LogP contribution >= 0.6 is 0 Å². The molecule has 0 saturated carbocycles. The molecule has 25 heavy (non-hydrogen) atoms. The molecule has 0 heterocycles. The van der Waals surface area contributed by atoms with E-state index in [2.05, 4.69) is 5.32 Å². The van der Waals surface area contributed by atoms with E-state index in [1.807, 2.05) is 56.3 Å². The molecule has 0 radical (unpaired) electrons. The summed E-state index contributed by atoms with van der Waals surface area (Å²) in [7, 11) is 0. The molecule has 2 amide bonds. The highest BCUT2D eigenvalue weighted by molar-refractivity contribution is 5.88. The summed E-state index contributed by atoms with van der Waals surface area (Å²) in [5.74, 6) is 0.168. The fourth-order valence-corrected chi connectivity index (χ4v) is 2.71. The third-order valence-electron chi connectivity index (χ3n) is 4.39. The van der Waals surface area contributed by atoms with Crippen LogP contribution in [0.3, 0.4) is 0 Å². The average molecular weight is 342 g/mol. The van der Waals surface area contributed by atoms with Crippen LogP contribution < -0.4 is 15.8 Å². The maximum atomic E-state index is 12.0. The molecular weight excluding hydrogens is 316 g/mol. The van der Waals surface area contributed by atoms with E-state index < -0.39 is 11.9 Å². The number of rotatable bonds is 9. The van der Waals surface area contributed by atoms with Gasteiger partial charge in [-0.05, 0) is 23.8 Å². The molecular formula is C20H26N2O3. The molecule has 134 valence electrons. The van der Waals surface area contributed by atoms with Gasteiger partial charge in [-0.15, -0.1) is 0 Å². The number of carbonyl (C=O) groups excluding carboxylic acids is 2. The lowest BCUT2D eigenvalue weighted by Gasteiger charge is -2.21. The Labute approximate surface area is 148 Å². The van der Waals surface area contributed by atoms with Crippen molar-refractivity contribution < 1.29 is 14.3 Å². The molecule has 0 spiro atoms. The zero-order chi connectivity index (χ0) is 18.2. The number of primary amides is 1. The normalized spacial score (nSPS) is 13.2. The average Bonchev–Trinajstić information content (AvgIpc) is 2.62. The Hall–Kier alpha value is -2.56. The van der Waals surface area contributed by atoms with Crippen LogP contribution in [0, 0.1) is 5.92 Å². The van der Waals surface area contributed by atoms with Crippen LogP contribution in [0.1, 0.15) is 33.1 Å². The summed E-state index contributed by atoms with van der Waals surface area (Å²) in [6, 6.07) is 13.3. The molecule has 2 atom stereocenters. The van der Waals surface area contributed by atoms with E-state index in [-0.39, 0.29) is 11.8 Å². The number of carbonyl (C=O) groups is 2. The first-order valence-electron chi connectivity index (χ1n) is 8.72. The molecule has 5 heteroatoms. The second-order valence-corrected chi connectivity index (χ2v) is 6.26. The summed E-state index contributed by atoms with van der Waals surface area (Å²) in [5.41, 5.74) is 5.37. The van der Waals surface area contributed by atoms with Crippen molar-refractivity contribution in [2.75, 3.05) is 6.61 Å². The van der Waals surface area contributed by atoms with Gasteiger partial charge in [-0.25, -0.2) is 0 Å². The van der Waals surface area contributed by atoms with Crippen molar-refractivity contribution in [3.8, 4) is 5.75 Å². The van der Waals surface area contributed by atoms with Gasteiger partial charge >= 0.3 is 0 Å². The van der Waals surface area contributed by atoms with Crippen LogP contribution in [0.25, 0.3) is 10.8 Å². The van der Waals surface area contributed by atoms with Gasteiger partial charge in [0.25, 0.3) is 0 Å². The van der Waals surface area contributed by atoms with Crippen LogP contribution in [0.15, 0.2) is 42.5 Å². The van der Waals surface area contributed by atoms with Gasteiger partial charge in [-0.1, -0.05) is 56.7 Å². The topological polar surface area (TPSA) is 81.4 Å². The van der Waals surface area contributed by atoms with Crippen molar-refractivity contribution >= 4 is 22.6 Å². The second-order valence-electron chi connectivity index (χ2n) is 6.26. The number of ether oxygens (including phenoxy) is 1. The Balaban J connectivity index is 1.82. The predicted molar refractivity (Wildman–Crippen MR) is 99.3 cm³/mol. The Morgan fingerprint density at radius 2 is 1.88 bits per heavy atom. The van der Waals surface area contributed by atoms with E-state index in [1.54, 1.807) is 0 Å². The van der Waals surface area contributed by atoms with Gasteiger partial charge < -0.3 is 15.8 Å². The largest absolute Gasteiger partial charge is 0.493 e. The van der Waals surface area contributed by atoms with E-state index in [1.165, 1.54) is 0 Å². The van der Waals surface area contributed by atoms with Crippen LogP contribution in [0.2, 0.25) is 0 Å². The number of amides is 2. The quantitative estimate of drug-likeness (QED) is 0.687. The van der Waals surface area contributed by atoms with Gasteiger partial charge in [-0.3, -0.25) is 9.59 Å². The number of hydrogen-bond acceptors (Lipinski definition) is 3. The van der Waals surface area contributed by atoms with Crippen molar-refractivity contribution in [1.29, 1.82) is 0 Å². The lowest BCUT2D eigenvalue weighted by atomic mass is 9.98. The molecule has 0 fully saturated rings. The highest BCUT2D eigenvalue weighted by Gasteiger charge is 2.23. The smallest absolute Gasteiger partial charge is 0.240 e. The number of hydrogen-bond donors (Lipinski definition) is 2. The summed E-state index contributed by atoms with van der Waals surface area (Å²) >= 11 is 0. The fraction of sp³-hybridized carbons (Fsp3) is 0.400. The lowest BCUT2D eigenvalue weighted by molar-refractivity contribution is -0.128. The summed E-state index contributed by atoms with van der Waals surface area (Å²) in [6.07, 6.45) is 1.64. The molecule has 0 bridgehead atoms. The molecule has 2 rings (SSSR count). The van der Waals surface area contributed by atoms with Crippen molar-refractivity contribution in [3.63, 3.8) is 0 Å². The monoisotopic (exact) mass is 342 g/mol. The molecule has 0 aliphatic carbocycles. The third-order valence-corrected chi connectivity index (χ3v) is 4.39. The predicted octanol–water partition coefficient (Wildman–Crippen LogP) is 3.02. The lowest BCUT2D eigenvalue weighted by Crippen LogP contribution is -2.48. The fourth-order valence-electron chi connectivity index (χ4n) is 2.71. The third kappa shape index (κ3) is 5.21. The van der Waals surface area contributed by atoms with Gasteiger partial charge in [0.1, 0.15) is 11.8 Å². The molecule has 2 aromatic carbocycles. The highest BCUT2D eigenvalue weighted by atomic mass is 16.5. The second kappa shape index (κ2) is 9.06. The minimum atomic E-state index is -0.614. The zero-order valence-electron chi connectivity index (χ0n) is 14.8. The zero-order valence-corrected chi connectivity index (χ0v) is 14.8. The van der Waals surface area contributed by atoms with Crippen molar-refractivity contribution in [2.45, 2.75) is 39.2 Å². The molecule has 0 aliphatic rings. The van der Waals surface area contributed by atoms with Crippen molar-refractivity contribution in [3.05, 3.63) is 42.5 Å². The Bertz CT molecular complexity index is 724. The maximum absolute atomic E-state index is 12.0. The standard InChI is InChI=1S/C20H26N2O3/c1-3-14(2)19(20(21)24)22-18(23)12-7-13-25-17-11-6-9-15-8-4-5-10-16(15)17/h4-6,8-11,14,19H,3,7,12-13H2,1-2H3,(H2,21,24)(H,22,23). The Kier molecular flexibility index (Phi) is 6.81. The molecule has 2 aromatic rings. The SMILES string of the molecule is CCC(C)C(NC(=O)CCCOc1cccc2ccccc12)C(N)=O. The number of fused-ring (bicyclic) bond motifs is 1. The van der Waals surface area contributed by atoms with Gasteiger partial charge in [0.05, 0.1) is 6.61 Å². The molecule has 0 aromatic heterocycles. The van der Waals surface area contributed by atoms with Gasteiger partial charge in [0.15, 0.2) is 0 Å². The molecule has 0 saturated heterocycles. The van der Waals surface area contributed by atoms with E-state index in [4.69, 9.17) is 10.5 Å². The van der Waals surface area contributed by atoms with Gasteiger partial charge in [0.2, 0.25) is 11.8 Å². The van der Waals surface area contributed by atoms with Crippen molar-refractivity contribution in [2.24, 2.45) is 11.7 Å².